The minimum absolute atomic E-state index is 0.290. The van der Waals surface area contributed by atoms with Gasteiger partial charge in [0.05, 0.1) is 4.90 Å². The molecular formula is C18H23NO2S. The second-order valence-corrected chi connectivity index (χ2v) is 7.54. The number of hydrogen-bond acceptors (Lipinski definition) is 2. The molecule has 0 saturated heterocycles. The normalized spacial score (nSPS) is 12.9. The number of aryl methyl sites for hydroxylation is 2. The van der Waals surface area contributed by atoms with Crippen molar-refractivity contribution >= 4 is 15.7 Å². The summed E-state index contributed by atoms with van der Waals surface area (Å²) in [5, 5.41) is 0. The van der Waals surface area contributed by atoms with Gasteiger partial charge in [-0.05, 0) is 67.1 Å². The van der Waals surface area contributed by atoms with Gasteiger partial charge in [-0.2, -0.15) is 0 Å². The van der Waals surface area contributed by atoms with Crippen LogP contribution in [0.4, 0.5) is 5.69 Å². The van der Waals surface area contributed by atoms with Crippen molar-refractivity contribution in [2.45, 2.75) is 44.9 Å². The highest BCUT2D eigenvalue weighted by Gasteiger charge is 2.15. The monoisotopic (exact) mass is 317 g/mol. The van der Waals surface area contributed by atoms with Crippen LogP contribution >= 0.6 is 0 Å². The molecule has 2 rings (SSSR count). The Balaban J connectivity index is 2.26. The van der Waals surface area contributed by atoms with Crippen molar-refractivity contribution < 1.29 is 8.42 Å². The maximum Gasteiger partial charge on any atom is 0.261 e. The minimum Gasteiger partial charge on any atom is -0.280 e. The highest BCUT2D eigenvalue weighted by Crippen LogP contribution is 2.22. The maximum atomic E-state index is 12.5. The highest BCUT2D eigenvalue weighted by molar-refractivity contribution is 7.92. The topological polar surface area (TPSA) is 46.2 Å². The van der Waals surface area contributed by atoms with Crippen molar-refractivity contribution in [1.82, 2.24) is 0 Å². The van der Waals surface area contributed by atoms with E-state index in [-0.39, 0.29) is 0 Å². The summed E-state index contributed by atoms with van der Waals surface area (Å²) in [5.41, 5.74) is 3.82. The number of nitrogens with one attached hydrogen (secondary N) is 1. The molecule has 0 bridgehead atoms. The zero-order valence-electron chi connectivity index (χ0n) is 13.6. The van der Waals surface area contributed by atoms with Gasteiger partial charge in [-0.3, -0.25) is 4.72 Å². The van der Waals surface area contributed by atoms with Gasteiger partial charge in [0.1, 0.15) is 0 Å². The Bertz CT molecular complexity index is 729. The molecule has 0 aliphatic rings. The molecule has 2 aromatic rings. The number of sulfonamides is 1. The second kappa shape index (κ2) is 6.53. The summed E-state index contributed by atoms with van der Waals surface area (Å²) < 4.78 is 27.6. The van der Waals surface area contributed by atoms with Crippen LogP contribution in [0.15, 0.2) is 47.4 Å². The zero-order chi connectivity index (χ0) is 16.3. The molecule has 0 aliphatic carbocycles. The van der Waals surface area contributed by atoms with Crippen molar-refractivity contribution in [3.63, 3.8) is 0 Å². The van der Waals surface area contributed by atoms with Crippen molar-refractivity contribution in [2.75, 3.05) is 4.72 Å². The van der Waals surface area contributed by atoms with Crippen LogP contribution in [0.25, 0.3) is 0 Å². The summed E-state index contributed by atoms with van der Waals surface area (Å²) in [7, 11) is -3.55. The van der Waals surface area contributed by atoms with Crippen LogP contribution in [0.3, 0.4) is 0 Å². The molecule has 0 aliphatic heterocycles. The van der Waals surface area contributed by atoms with Gasteiger partial charge in [0, 0.05) is 5.69 Å². The lowest BCUT2D eigenvalue weighted by atomic mass is 9.99. The van der Waals surface area contributed by atoms with Crippen LogP contribution in [-0.2, 0) is 10.0 Å². The van der Waals surface area contributed by atoms with E-state index in [2.05, 4.69) is 18.6 Å². The Morgan fingerprint density at radius 2 is 1.55 bits per heavy atom. The summed E-state index contributed by atoms with van der Waals surface area (Å²) in [6.07, 6.45) is 1.03. The molecule has 0 aromatic heterocycles. The summed E-state index contributed by atoms with van der Waals surface area (Å²) in [6, 6.07) is 12.8. The Morgan fingerprint density at radius 1 is 1.00 bits per heavy atom. The standard InChI is InChI=1S/C18H23NO2S/c1-5-15(4)16-6-8-18(9-7-16)22(20,21)19-17-11-13(2)10-14(3)12-17/h6-12,15,19H,5H2,1-4H3/t15-/m0/s1. The summed E-state index contributed by atoms with van der Waals surface area (Å²) in [4.78, 5) is 0.290. The van der Waals surface area contributed by atoms with Crippen LogP contribution in [-0.4, -0.2) is 8.42 Å². The van der Waals surface area contributed by atoms with Gasteiger partial charge in [0.15, 0.2) is 0 Å². The molecule has 0 amide bonds. The fraction of sp³-hybridized carbons (Fsp3) is 0.333. The molecule has 3 nitrogen and oxygen atoms in total. The van der Waals surface area contributed by atoms with Gasteiger partial charge in [0.25, 0.3) is 10.0 Å². The first-order valence-corrected chi connectivity index (χ1v) is 9.01. The molecule has 2 aromatic carbocycles. The molecule has 0 fully saturated rings. The highest BCUT2D eigenvalue weighted by atomic mass is 32.2. The van der Waals surface area contributed by atoms with Crippen molar-refractivity contribution in [1.29, 1.82) is 0 Å². The van der Waals surface area contributed by atoms with Crippen LogP contribution in [0.1, 0.15) is 42.9 Å². The summed E-state index contributed by atoms with van der Waals surface area (Å²) in [6.45, 7) is 8.16. The largest absolute Gasteiger partial charge is 0.280 e. The number of rotatable bonds is 5. The third-order valence-electron chi connectivity index (χ3n) is 3.85. The number of benzene rings is 2. The second-order valence-electron chi connectivity index (χ2n) is 5.86. The lowest BCUT2D eigenvalue weighted by molar-refractivity contribution is 0.601. The average molecular weight is 317 g/mol. The molecule has 0 unspecified atom stereocenters. The molecule has 1 N–H and O–H groups in total. The van der Waals surface area contributed by atoms with Crippen LogP contribution < -0.4 is 4.72 Å². The third kappa shape index (κ3) is 3.89. The molecule has 118 valence electrons. The van der Waals surface area contributed by atoms with E-state index in [0.29, 0.717) is 16.5 Å². The lowest BCUT2D eigenvalue weighted by Gasteiger charge is -2.12. The Hall–Kier alpha value is -1.81. The molecule has 22 heavy (non-hydrogen) atoms. The fourth-order valence-electron chi connectivity index (χ4n) is 2.46. The smallest absolute Gasteiger partial charge is 0.261 e. The van der Waals surface area contributed by atoms with E-state index in [1.54, 1.807) is 12.1 Å². The van der Waals surface area contributed by atoms with Crippen LogP contribution in [0.5, 0.6) is 0 Å². The SMILES string of the molecule is CC[C@H](C)c1ccc(S(=O)(=O)Nc2cc(C)cc(C)c2)cc1. The minimum atomic E-state index is -3.55. The quantitative estimate of drug-likeness (QED) is 0.874. The van der Waals surface area contributed by atoms with Gasteiger partial charge >= 0.3 is 0 Å². The van der Waals surface area contributed by atoms with Crippen LogP contribution in [0.2, 0.25) is 0 Å². The maximum absolute atomic E-state index is 12.5. The van der Waals surface area contributed by atoms with E-state index in [0.717, 1.165) is 23.1 Å². The van der Waals surface area contributed by atoms with E-state index in [4.69, 9.17) is 0 Å². The van der Waals surface area contributed by atoms with Crippen molar-refractivity contribution in [2.24, 2.45) is 0 Å². The van der Waals surface area contributed by atoms with E-state index in [9.17, 15) is 8.42 Å². The first kappa shape index (κ1) is 16.6. The Labute approximate surface area is 133 Å². The zero-order valence-corrected chi connectivity index (χ0v) is 14.4. The molecule has 4 heteroatoms. The first-order valence-electron chi connectivity index (χ1n) is 7.53. The van der Waals surface area contributed by atoms with E-state index in [1.165, 1.54) is 0 Å². The van der Waals surface area contributed by atoms with Gasteiger partial charge in [-0.15, -0.1) is 0 Å². The van der Waals surface area contributed by atoms with Crippen molar-refractivity contribution in [3.8, 4) is 0 Å². The molecule has 0 spiro atoms. The first-order chi connectivity index (χ1) is 10.3. The van der Waals surface area contributed by atoms with E-state index >= 15 is 0 Å². The number of hydrogen-bond donors (Lipinski definition) is 1. The van der Waals surface area contributed by atoms with Gasteiger partial charge < -0.3 is 0 Å². The van der Waals surface area contributed by atoms with Crippen molar-refractivity contribution in [3.05, 3.63) is 59.2 Å². The van der Waals surface area contributed by atoms with Gasteiger partial charge in [-0.1, -0.05) is 32.0 Å². The summed E-state index contributed by atoms with van der Waals surface area (Å²) >= 11 is 0. The van der Waals surface area contributed by atoms with Crippen LogP contribution in [0, 0.1) is 13.8 Å². The predicted molar refractivity (Wildman–Crippen MR) is 91.9 cm³/mol. The molecule has 0 heterocycles. The molecular weight excluding hydrogens is 294 g/mol. The third-order valence-corrected chi connectivity index (χ3v) is 5.24. The van der Waals surface area contributed by atoms with Gasteiger partial charge in [-0.25, -0.2) is 8.42 Å². The molecule has 1 atom stereocenters. The Morgan fingerprint density at radius 3 is 2.05 bits per heavy atom. The Kier molecular flexibility index (Phi) is 4.91. The summed E-state index contributed by atoms with van der Waals surface area (Å²) in [5.74, 6) is 0.434. The fourth-order valence-corrected chi connectivity index (χ4v) is 3.50. The molecule has 0 saturated carbocycles. The van der Waals surface area contributed by atoms with E-state index < -0.39 is 10.0 Å². The van der Waals surface area contributed by atoms with Gasteiger partial charge in [0.2, 0.25) is 0 Å². The number of anilines is 1. The molecule has 0 radical (unpaired) electrons. The van der Waals surface area contributed by atoms with E-state index in [1.807, 2.05) is 44.2 Å². The lowest BCUT2D eigenvalue weighted by Crippen LogP contribution is -2.13. The average Bonchev–Trinajstić information content (AvgIpc) is 2.45. The predicted octanol–water partition coefficient (Wildman–Crippen LogP) is 4.62.